The minimum atomic E-state index is -0.392. The molecule has 0 spiro atoms. The molecule has 0 unspecified atom stereocenters. The number of halogens is 2. The van der Waals surface area contributed by atoms with E-state index in [0.717, 1.165) is 25.9 Å². The largest absolute Gasteiger partial charge is 0.490 e. The molecule has 1 saturated heterocycles. The molecule has 1 aliphatic rings. The predicted molar refractivity (Wildman–Crippen MR) is 75.6 cm³/mol. The lowest BCUT2D eigenvalue weighted by molar-refractivity contribution is -0.142. The van der Waals surface area contributed by atoms with E-state index in [1.165, 1.54) is 19.1 Å². The van der Waals surface area contributed by atoms with E-state index in [1.54, 1.807) is 6.07 Å². The number of hydrogen-bond donors (Lipinski definition) is 1. The number of hydrogen-bond acceptors (Lipinski definition) is 4. The van der Waals surface area contributed by atoms with E-state index in [9.17, 15) is 9.18 Å². The molecular weight excluding hydrogens is 285 g/mol. The molecule has 2 rings (SSSR count). The fourth-order valence-electron chi connectivity index (χ4n) is 2.05. The molecule has 4 nitrogen and oxygen atoms in total. The molecule has 0 atom stereocenters. The first-order valence-corrected chi connectivity index (χ1v) is 6.44. The Morgan fingerprint density at radius 1 is 1.40 bits per heavy atom. The number of piperidine rings is 1. The van der Waals surface area contributed by atoms with Crippen LogP contribution in [-0.4, -0.2) is 25.2 Å². The number of rotatable bonds is 4. The van der Waals surface area contributed by atoms with Gasteiger partial charge in [0.05, 0.1) is 0 Å². The SMILES string of the molecule is CC(=O)OCc1cc(F)ccc1OC1CCNCC1.Cl. The summed E-state index contributed by atoms with van der Waals surface area (Å²) in [4.78, 5) is 10.8. The van der Waals surface area contributed by atoms with Gasteiger partial charge in [-0.15, -0.1) is 12.4 Å². The van der Waals surface area contributed by atoms with Gasteiger partial charge in [-0.3, -0.25) is 4.79 Å². The van der Waals surface area contributed by atoms with Gasteiger partial charge < -0.3 is 14.8 Å². The lowest BCUT2D eigenvalue weighted by Crippen LogP contribution is -2.34. The van der Waals surface area contributed by atoms with Gasteiger partial charge in [-0.25, -0.2) is 4.39 Å². The Labute approximate surface area is 124 Å². The Bertz CT molecular complexity index is 450. The molecule has 1 fully saturated rings. The highest BCUT2D eigenvalue weighted by molar-refractivity contribution is 5.85. The van der Waals surface area contributed by atoms with Crippen molar-refractivity contribution in [2.45, 2.75) is 32.5 Å². The second kappa shape index (κ2) is 8.07. The quantitative estimate of drug-likeness (QED) is 0.868. The third kappa shape index (κ3) is 4.98. The normalized spacial score (nSPS) is 15.3. The van der Waals surface area contributed by atoms with E-state index >= 15 is 0 Å². The summed E-state index contributed by atoms with van der Waals surface area (Å²) < 4.78 is 24.0. The third-order valence-electron chi connectivity index (χ3n) is 3.03. The highest BCUT2D eigenvalue weighted by Gasteiger charge is 2.16. The molecule has 1 aromatic rings. The van der Waals surface area contributed by atoms with Gasteiger partial charge in [-0.1, -0.05) is 0 Å². The van der Waals surface area contributed by atoms with Crippen molar-refractivity contribution >= 4 is 18.4 Å². The Morgan fingerprint density at radius 3 is 2.75 bits per heavy atom. The van der Waals surface area contributed by atoms with Crippen molar-refractivity contribution in [3.8, 4) is 5.75 Å². The van der Waals surface area contributed by atoms with Gasteiger partial charge >= 0.3 is 5.97 Å². The van der Waals surface area contributed by atoms with Crippen LogP contribution in [0.1, 0.15) is 25.3 Å². The fraction of sp³-hybridized carbons (Fsp3) is 0.500. The lowest BCUT2D eigenvalue weighted by atomic mass is 10.1. The Balaban J connectivity index is 0.00000200. The van der Waals surface area contributed by atoms with Gasteiger partial charge in [0.25, 0.3) is 0 Å². The molecule has 0 saturated carbocycles. The summed E-state index contributed by atoms with van der Waals surface area (Å²) in [5.74, 6) is -0.161. The van der Waals surface area contributed by atoms with Crippen molar-refractivity contribution in [1.29, 1.82) is 0 Å². The highest BCUT2D eigenvalue weighted by Crippen LogP contribution is 2.24. The summed E-state index contributed by atoms with van der Waals surface area (Å²) >= 11 is 0. The molecule has 1 aliphatic heterocycles. The van der Waals surface area contributed by atoms with Crippen LogP contribution in [0.25, 0.3) is 0 Å². The second-order valence-electron chi connectivity index (χ2n) is 4.60. The maximum Gasteiger partial charge on any atom is 0.302 e. The number of esters is 1. The Morgan fingerprint density at radius 2 is 2.10 bits per heavy atom. The maximum absolute atomic E-state index is 13.2. The van der Waals surface area contributed by atoms with Crippen LogP contribution in [-0.2, 0) is 16.1 Å². The first-order valence-electron chi connectivity index (χ1n) is 6.44. The first kappa shape index (κ1) is 16.7. The number of nitrogens with one attached hydrogen (secondary N) is 1. The topological polar surface area (TPSA) is 47.6 Å². The molecule has 1 heterocycles. The van der Waals surface area contributed by atoms with E-state index in [1.807, 2.05) is 0 Å². The van der Waals surface area contributed by atoms with Crippen molar-refractivity contribution in [2.24, 2.45) is 0 Å². The summed E-state index contributed by atoms with van der Waals surface area (Å²) in [6, 6.07) is 4.29. The van der Waals surface area contributed by atoms with Gasteiger partial charge in [0, 0.05) is 12.5 Å². The molecule has 1 N–H and O–H groups in total. The van der Waals surface area contributed by atoms with Crippen LogP contribution in [0.5, 0.6) is 5.75 Å². The average molecular weight is 304 g/mol. The number of ether oxygens (including phenoxy) is 2. The summed E-state index contributed by atoms with van der Waals surface area (Å²) in [5, 5.41) is 3.25. The van der Waals surface area contributed by atoms with Gasteiger partial charge in [0.15, 0.2) is 0 Å². The minimum absolute atomic E-state index is 0. The predicted octanol–water partition coefficient (Wildman–Crippen LogP) is 2.44. The standard InChI is InChI=1S/C14H18FNO3.ClH/c1-10(17)18-9-11-8-12(15)2-3-14(11)19-13-4-6-16-7-5-13;/h2-3,8,13,16H,4-7,9H2,1H3;1H. The van der Waals surface area contributed by atoms with Crippen LogP contribution < -0.4 is 10.1 Å². The first-order chi connectivity index (χ1) is 9.15. The number of carbonyl (C=O) groups is 1. The smallest absolute Gasteiger partial charge is 0.302 e. The van der Waals surface area contributed by atoms with E-state index in [2.05, 4.69) is 5.32 Å². The zero-order valence-corrected chi connectivity index (χ0v) is 12.2. The van der Waals surface area contributed by atoms with Crippen molar-refractivity contribution in [1.82, 2.24) is 5.32 Å². The van der Waals surface area contributed by atoms with Gasteiger partial charge in [0.1, 0.15) is 24.3 Å². The van der Waals surface area contributed by atoms with Crippen LogP contribution in [0.4, 0.5) is 4.39 Å². The van der Waals surface area contributed by atoms with Crippen molar-refractivity contribution in [3.63, 3.8) is 0 Å². The molecule has 0 aromatic heterocycles. The Kier molecular flexibility index (Phi) is 6.75. The second-order valence-corrected chi connectivity index (χ2v) is 4.60. The summed E-state index contributed by atoms with van der Waals surface area (Å²) in [6.07, 6.45) is 1.97. The summed E-state index contributed by atoms with van der Waals surface area (Å²) in [7, 11) is 0. The molecule has 6 heteroatoms. The summed E-state index contributed by atoms with van der Waals surface area (Å²) in [6.45, 7) is 3.20. The fourth-order valence-corrected chi connectivity index (χ4v) is 2.05. The molecular formula is C14H19ClFNO3. The molecule has 20 heavy (non-hydrogen) atoms. The van der Waals surface area contributed by atoms with Crippen LogP contribution in [0.2, 0.25) is 0 Å². The average Bonchev–Trinajstić information content (AvgIpc) is 2.40. The van der Waals surface area contributed by atoms with Crippen LogP contribution >= 0.6 is 12.4 Å². The number of carbonyl (C=O) groups excluding carboxylic acids is 1. The van der Waals surface area contributed by atoms with Gasteiger partial charge in [0.2, 0.25) is 0 Å². The molecule has 112 valence electrons. The van der Waals surface area contributed by atoms with Crippen LogP contribution in [0.3, 0.4) is 0 Å². The zero-order chi connectivity index (χ0) is 13.7. The highest BCUT2D eigenvalue weighted by atomic mass is 35.5. The minimum Gasteiger partial charge on any atom is -0.490 e. The van der Waals surface area contributed by atoms with Crippen molar-refractivity contribution in [3.05, 3.63) is 29.6 Å². The third-order valence-corrected chi connectivity index (χ3v) is 3.03. The van der Waals surface area contributed by atoms with E-state index in [-0.39, 0.29) is 30.9 Å². The summed E-state index contributed by atoms with van der Waals surface area (Å²) in [5.41, 5.74) is 0.564. The van der Waals surface area contributed by atoms with Crippen molar-refractivity contribution < 1.29 is 18.7 Å². The Hall–Kier alpha value is -1.33. The molecule has 0 amide bonds. The van der Waals surface area contributed by atoms with Crippen LogP contribution in [0, 0.1) is 5.82 Å². The molecule has 0 aliphatic carbocycles. The number of benzene rings is 1. The van der Waals surface area contributed by atoms with E-state index in [4.69, 9.17) is 9.47 Å². The van der Waals surface area contributed by atoms with Crippen LogP contribution in [0.15, 0.2) is 18.2 Å². The molecule has 1 aromatic carbocycles. The van der Waals surface area contributed by atoms with E-state index < -0.39 is 5.97 Å². The van der Waals surface area contributed by atoms with Gasteiger partial charge in [-0.2, -0.15) is 0 Å². The van der Waals surface area contributed by atoms with Crippen molar-refractivity contribution in [2.75, 3.05) is 13.1 Å². The molecule has 0 bridgehead atoms. The maximum atomic E-state index is 13.2. The van der Waals surface area contributed by atoms with Gasteiger partial charge in [-0.05, 0) is 44.1 Å². The lowest BCUT2D eigenvalue weighted by Gasteiger charge is -2.25. The monoisotopic (exact) mass is 303 g/mol. The zero-order valence-electron chi connectivity index (χ0n) is 11.4. The van der Waals surface area contributed by atoms with E-state index in [0.29, 0.717) is 11.3 Å². The molecule has 0 radical (unpaired) electrons.